The fourth-order valence-electron chi connectivity index (χ4n) is 6.44. The van der Waals surface area contributed by atoms with E-state index >= 15 is 0 Å². The largest absolute Gasteiger partial charge is 0.390 e. The van der Waals surface area contributed by atoms with Crippen LogP contribution in [0, 0.1) is 28.6 Å². The molecule has 4 aliphatic carbocycles. The van der Waals surface area contributed by atoms with Gasteiger partial charge >= 0.3 is 0 Å². The number of rotatable bonds is 0. The highest BCUT2D eigenvalue weighted by atomic mass is 16.3. The molecule has 0 bridgehead atoms. The van der Waals surface area contributed by atoms with Crippen LogP contribution in [0.25, 0.3) is 0 Å². The van der Waals surface area contributed by atoms with Crippen molar-refractivity contribution in [3.63, 3.8) is 0 Å². The van der Waals surface area contributed by atoms with Crippen LogP contribution < -0.4 is 0 Å². The minimum absolute atomic E-state index is 0.0760. The first-order valence-corrected chi connectivity index (χ1v) is 8.95. The Hall–Kier alpha value is -0.890. The van der Waals surface area contributed by atoms with Gasteiger partial charge in [-0.25, -0.2) is 0 Å². The Morgan fingerprint density at radius 1 is 1.09 bits per heavy atom. The molecule has 6 atom stereocenters. The Bertz CT molecular complexity index is 585. The van der Waals surface area contributed by atoms with Gasteiger partial charge in [0.05, 0.1) is 5.60 Å². The molecule has 2 nitrogen and oxygen atoms in total. The summed E-state index contributed by atoms with van der Waals surface area (Å²) in [6, 6.07) is 0. The van der Waals surface area contributed by atoms with Crippen LogP contribution in [0.15, 0.2) is 23.8 Å². The lowest BCUT2D eigenvalue weighted by molar-refractivity contribution is -0.114. The average Bonchev–Trinajstić information content (AvgIpc) is 2.70. The van der Waals surface area contributed by atoms with Crippen LogP contribution in [-0.2, 0) is 4.79 Å². The molecule has 1 N–H and O–H groups in total. The quantitative estimate of drug-likeness (QED) is 0.733. The van der Waals surface area contributed by atoms with Crippen LogP contribution in [0.2, 0.25) is 0 Å². The summed E-state index contributed by atoms with van der Waals surface area (Å²) in [5.41, 5.74) is 1.01. The molecule has 4 aliphatic rings. The van der Waals surface area contributed by atoms with Crippen molar-refractivity contribution in [2.24, 2.45) is 28.6 Å². The van der Waals surface area contributed by atoms with Gasteiger partial charge in [0.25, 0.3) is 0 Å². The minimum Gasteiger partial charge on any atom is -0.390 e. The Morgan fingerprint density at radius 3 is 2.59 bits per heavy atom. The molecule has 0 amide bonds. The number of carbonyl (C=O) groups is 1. The third-order valence-corrected chi connectivity index (χ3v) is 8.12. The molecule has 0 radical (unpaired) electrons. The highest BCUT2D eigenvalue weighted by Gasteiger charge is 2.61. The Labute approximate surface area is 133 Å². The number of ketones is 1. The summed E-state index contributed by atoms with van der Waals surface area (Å²) in [7, 11) is 0. The summed E-state index contributed by atoms with van der Waals surface area (Å²) in [6.07, 6.45) is 12.5. The number of carbonyl (C=O) groups excluding carboxylic acids is 1. The second-order valence-electron chi connectivity index (χ2n) is 8.87. The first kappa shape index (κ1) is 14.7. The first-order chi connectivity index (χ1) is 10.3. The first-order valence-electron chi connectivity index (χ1n) is 8.95. The van der Waals surface area contributed by atoms with E-state index in [1.54, 1.807) is 6.08 Å². The molecule has 0 spiro atoms. The summed E-state index contributed by atoms with van der Waals surface area (Å²) in [5.74, 6) is 2.15. The Balaban J connectivity index is 1.71. The normalized spacial score (nSPS) is 53.5. The molecule has 3 fully saturated rings. The van der Waals surface area contributed by atoms with Gasteiger partial charge in [-0.3, -0.25) is 4.79 Å². The Kier molecular flexibility index (Phi) is 2.90. The van der Waals surface area contributed by atoms with Gasteiger partial charge < -0.3 is 5.11 Å². The molecular formula is C20H28O2. The predicted octanol–water partition coefficient (Wildman–Crippen LogP) is 4.05. The van der Waals surface area contributed by atoms with E-state index in [2.05, 4.69) is 26.8 Å². The number of hydrogen-bond acceptors (Lipinski definition) is 2. The fraction of sp³-hybridized carbons (Fsp3) is 0.750. The standard InChI is InChI=1S/C20H28O2/c1-18-9-6-14(21)12-13(18)4-5-15-16(18)7-10-19(2)17(15)8-11-20(19,3)22/h6,9,12,15-17,22H,4-5,7-8,10-11H2,1-3H3/t15-,16?,17?,18+,19+,20+/m1/s1. The molecule has 0 aromatic carbocycles. The summed E-state index contributed by atoms with van der Waals surface area (Å²) in [4.78, 5) is 11.7. The lowest BCUT2D eigenvalue weighted by Crippen LogP contribution is -2.53. The number of fused-ring (bicyclic) bond motifs is 5. The van der Waals surface area contributed by atoms with Crippen molar-refractivity contribution in [1.29, 1.82) is 0 Å². The van der Waals surface area contributed by atoms with Crippen LogP contribution in [0.5, 0.6) is 0 Å². The molecule has 0 aromatic heterocycles. The Morgan fingerprint density at radius 2 is 1.82 bits per heavy atom. The average molecular weight is 300 g/mol. The zero-order valence-electron chi connectivity index (χ0n) is 14.1. The van der Waals surface area contributed by atoms with Crippen molar-refractivity contribution in [2.75, 3.05) is 0 Å². The third kappa shape index (κ3) is 1.68. The van der Waals surface area contributed by atoms with Crippen LogP contribution in [0.3, 0.4) is 0 Å². The highest BCUT2D eigenvalue weighted by Crippen LogP contribution is 2.66. The van der Waals surface area contributed by atoms with Gasteiger partial charge in [-0.2, -0.15) is 0 Å². The van der Waals surface area contributed by atoms with Crippen LogP contribution in [0.1, 0.15) is 59.3 Å². The van der Waals surface area contributed by atoms with Gasteiger partial charge in [0.1, 0.15) is 0 Å². The van der Waals surface area contributed by atoms with Crippen molar-refractivity contribution in [1.82, 2.24) is 0 Å². The monoisotopic (exact) mass is 300 g/mol. The molecule has 2 heteroatoms. The summed E-state index contributed by atoms with van der Waals surface area (Å²) in [6.45, 7) is 6.73. The third-order valence-electron chi connectivity index (χ3n) is 8.12. The molecule has 2 unspecified atom stereocenters. The number of allylic oxidation sites excluding steroid dienone is 4. The van der Waals surface area contributed by atoms with E-state index in [4.69, 9.17) is 0 Å². The topological polar surface area (TPSA) is 37.3 Å². The van der Waals surface area contributed by atoms with Crippen LogP contribution >= 0.6 is 0 Å². The van der Waals surface area contributed by atoms with Crippen molar-refractivity contribution >= 4 is 5.78 Å². The molecule has 4 rings (SSSR count). The lowest BCUT2D eigenvalue weighted by Gasteiger charge is -2.57. The van der Waals surface area contributed by atoms with Crippen molar-refractivity contribution in [3.05, 3.63) is 23.8 Å². The maximum Gasteiger partial charge on any atom is 0.178 e. The van der Waals surface area contributed by atoms with Gasteiger partial charge in [-0.15, -0.1) is 0 Å². The molecular weight excluding hydrogens is 272 g/mol. The van der Waals surface area contributed by atoms with Crippen molar-refractivity contribution in [2.45, 2.75) is 64.9 Å². The lowest BCUT2D eigenvalue weighted by atomic mass is 9.47. The summed E-state index contributed by atoms with van der Waals surface area (Å²) >= 11 is 0. The summed E-state index contributed by atoms with van der Waals surface area (Å²) in [5, 5.41) is 10.9. The molecule has 0 heterocycles. The van der Waals surface area contributed by atoms with Gasteiger partial charge in [-0.1, -0.05) is 25.5 Å². The smallest absolute Gasteiger partial charge is 0.178 e. The zero-order chi connectivity index (χ0) is 15.8. The highest BCUT2D eigenvalue weighted by molar-refractivity contribution is 6.01. The van der Waals surface area contributed by atoms with E-state index in [0.29, 0.717) is 17.8 Å². The van der Waals surface area contributed by atoms with E-state index in [9.17, 15) is 9.90 Å². The van der Waals surface area contributed by atoms with Crippen LogP contribution in [0.4, 0.5) is 0 Å². The van der Waals surface area contributed by atoms with Gasteiger partial charge in [0, 0.05) is 5.41 Å². The van der Waals surface area contributed by atoms with Crippen molar-refractivity contribution < 1.29 is 9.90 Å². The molecule has 0 aliphatic heterocycles. The van der Waals surface area contributed by atoms with Gasteiger partial charge in [0.2, 0.25) is 0 Å². The number of hydrogen-bond donors (Lipinski definition) is 1. The van der Waals surface area contributed by atoms with E-state index in [0.717, 1.165) is 19.3 Å². The second-order valence-corrected chi connectivity index (χ2v) is 8.87. The minimum atomic E-state index is -0.502. The van der Waals surface area contributed by atoms with Crippen LogP contribution in [-0.4, -0.2) is 16.5 Å². The summed E-state index contributed by atoms with van der Waals surface area (Å²) < 4.78 is 0. The van der Waals surface area contributed by atoms with E-state index in [-0.39, 0.29) is 16.6 Å². The zero-order valence-corrected chi connectivity index (χ0v) is 14.1. The number of aliphatic hydroxyl groups is 1. The molecule has 0 aromatic rings. The van der Waals surface area contributed by atoms with Gasteiger partial charge in [-0.05, 0) is 80.8 Å². The maximum absolute atomic E-state index is 11.7. The molecule has 120 valence electrons. The van der Waals surface area contributed by atoms with E-state index in [1.807, 2.05) is 6.08 Å². The molecule has 3 saturated carbocycles. The van der Waals surface area contributed by atoms with E-state index < -0.39 is 5.60 Å². The van der Waals surface area contributed by atoms with E-state index in [1.165, 1.54) is 24.8 Å². The second kappa shape index (κ2) is 4.35. The molecule has 0 saturated heterocycles. The fourth-order valence-corrected chi connectivity index (χ4v) is 6.44. The van der Waals surface area contributed by atoms with Crippen molar-refractivity contribution in [3.8, 4) is 0 Å². The SMILES string of the molecule is C[C@]12C=CC(=O)C=C1CC[C@@H]1C2CC[C@@]2(C)C1CC[C@]2(C)O. The van der Waals surface area contributed by atoms with Gasteiger partial charge in [0.15, 0.2) is 5.78 Å². The predicted molar refractivity (Wildman–Crippen MR) is 87.2 cm³/mol. The maximum atomic E-state index is 11.7. The molecule has 22 heavy (non-hydrogen) atoms.